The van der Waals surface area contributed by atoms with E-state index in [4.69, 9.17) is 0 Å². The fourth-order valence-electron chi connectivity index (χ4n) is 2.01. The smallest absolute Gasteiger partial charge is 0.294 e. The van der Waals surface area contributed by atoms with Gasteiger partial charge in [0.2, 0.25) is 0 Å². The molecule has 1 N–H and O–H groups in total. The van der Waals surface area contributed by atoms with Crippen molar-refractivity contribution in [2.24, 2.45) is 4.99 Å². The van der Waals surface area contributed by atoms with E-state index in [0.29, 0.717) is 10.5 Å². The van der Waals surface area contributed by atoms with Gasteiger partial charge in [-0.15, -0.1) is 0 Å². The minimum Gasteiger partial charge on any atom is -0.300 e. The minimum atomic E-state index is -0.532. The molecule has 8 heteroatoms. The van der Waals surface area contributed by atoms with Crippen LogP contribution in [0.1, 0.15) is 5.56 Å². The van der Waals surface area contributed by atoms with Gasteiger partial charge < -0.3 is 5.32 Å². The third-order valence-corrected chi connectivity index (χ3v) is 4.03. The zero-order chi connectivity index (χ0) is 17.1. The second-order valence-corrected chi connectivity index (χ2v) is 5.81. The molecule has 2 aromatic carbocycles. The highest BCUT2D eigenvalue weighted by Crippen LogP contribution is 2.31. The van der Waals surface area contributed by atoms with Crippen LogP contribution in [0.3, 0.4) is 0 Å². The van der Waals surface area contributed by atoms with Gasteiger partial charge in [0, 0.05) is 6.07 Å². The van der Waals surface area contributed by atoms with Crippen molar-refractivity contribution in [2.45, 2.75) is 0 Å². The SMILES string of the molecule is O=C1NC(=Nc2ccccc2[N+](=O)[O-])S/C1=C\c1ccc(F)cc1. The quantitative estimate of drug-likeness (QED) is 0.524. The van der Waals surface area contributed by atoms with Crippen molar-refractivity contribution >= 4 is 40.3 Å². The summed E-state index contributed by atoms with van der Waals surface area (Å²) in [6.45, 7) is 0. The van der Waals surface area contributed by atoms with Crippen LogP contribution in [0.5, 0.6) is 0 Å². The van der Waals surface area contributed by atoms with E-state index in [2.05, 4.69) is 10.3 Å². The van der Waals surface area contributed by atoms with Crippen LogP contribution < -0.4 is 5.32 Å². The second kappa shape index (κ2) is 6.63. The van der Waals surface area contributed by atoms with Crippen molar-refractivity contribution in [1.82, 2.24) is 5.32 Å². The molecule has 1 aliphatic heterocycles. The number of thioether (sulfide) groups is 1. The summed E-state index contributed by atoms with van der Waals surface area (Å²) in [7, 11) is 0. The lowest BCUT2D eigenvalue weighted by Crippen LogP contribution is -2.19. The lowest BCUT2D eigenvalue weighted by atomic mass is 10.2. The fourth-order valence-corrected chi connectivity index (χ4v) is 2.85. The van der Waals surface area contributed by atoms with Crippen molar-refractivity contribution < 1.29 is 14.1 Å². The topological polar surface area (TPSA) is 84.6 Å². The van der Waals surface area contributed by atoms with Crippen LogP contribution in [0.4, 0.5) is 15.8 Å². The molecule has 0 spiro atoms. The molecule has 1 saturated heterocycles. The monoisotopic (exact) mass is 343 g/mol. The number of amides is 1. The number of nitro benzene ring substituents is 1. The van der Waals surface area contributed by atoms with E-state index < -0.39 is 4.92 Å². The van der Waals surface area contributed by atoms with Gasteiger partial charge in [0.1, 0.15) is 11.5 Å². The van der Waals surface area contributed by atoms with Crippen LogP contribution >= 0.6 is 11.8 Å². The van der Waals surface area contributed by atoms with Crippen LogP contribution in [-0.2, 0) is 4.79 Å². The first kappa shape index (κ1) is 15.9. The number of para-hydroxylation sites is 2. The van der Waals surface area contributed by atoms with Crippen molar-refractivity contribution in [3.05, 3.63) is 74.9 Å². The minimum absolute atomic E-state index is 0.143. The zero-order valence-corrected chi connectivity index (χ0v) is 12.9. The van der Waals surface area contributed by atoms with Crippen molar-refractivity contribution in [3.8, 4) is 0 Å². The largest absolute Gasteiger partial charge is 0.300 e. The number of nitrogens with one attached hydrogen (secondary N) is 1. The number of rotatable bonds is 3. The summed E-state index contributed by atoms with van der Waals surface area (Å²) in [5.74, 6) is -0.721. The normalized spacial score (nSPS) is 17.3. The first-order valence-electron chi connectivity index (χ1n) is 6.81. The number of hydrogen-bond acceptors (Lipinski definition) is 5. The number of hydrogen-bond donors (Lipinski definition) is 1. The molecule has 1 amide bonds. The van der Waals surface area contributed by atoms with E-state index in [1.807, 2.05) is 0 Å². The molecular weight excluding hydrogens is 333 g/mol. The molecule has 2 aromatic rings. The van der Waals surface area contributed by atoms with E-state index in [0.717, 1.165) is 11.8 Å². The highest BCUT2D eigenvalue weighted by atomic mass is 32.2. The Morgan fingerprint density at radius 3 is 2.58 bits per heavy atom. The standard InChI is InChI=1S/C16H10FN3O3S/c17-11-7-5-10(6-8-11)9-14-15(21)19-16(24-14)18-12-3-1-2-4-13(12)20(22)23/h1-9H,(H,18,19,21)/b14-9-. The van der Waals surface area contributed by atoms with Gasteiger partial charge >= 0.3 is 0 Å². The number of amidine groups is 1. The molecule has 0 atom stereocenters. The van der Waals surface area contributed by atoms with Gasteiger partial charge in [-0.3, -0.25) is 14.9 Å². The van der Waals surface area contributed by atoms with Crippen LogP contribution in [0.15, 0.2) is 58.4 Å². The summed E-state index contributed by atoms with van der Waals surface area (Å²) in [6, 6.07) is 11.7. The number of carbonyl (C=O) groups is 1. The summed E-state index contributed by atoms with van der Waals surface area (Å²) in [5, 5.41) is 13.8. The third-order valence-electron chi connectivity index (χ3n) is 3.12. The lowest BCUT2D eigenvalue weighted by molar-refractivity contribution is -0.384. The Morgan fingerprint density at radius 2 is 1.88 bits per heavy atom. The average Bonchev–Trinajstić information content (AvgIpc) is 2.89. The third kappa shape index (κ3) is 3.49. The first-order valence-corrected chi connectivity index (χ1v) is 7.63. The van der Waals surface area contributed by atoms with Gasteiger partial charge in [-0.05, 0) is 41.6 Å². The van der Waals surface area contributed by atoms with Crippen LogP contribution in [0.25, 0.3) is 6.08 Å². The Balaban J connectivity index is 1.87. The van der Waals surface area contributed by atoms with Crippen LogP contribution in [0, 0.1) is 15.9 Å². The zero-order valence-electron chi connectivity index (χ0n) is 12.1. The Morgan fingerprint density at radius 1 is 1.17 bits per heavy atom. The maximum atomic E-state index is 12.9. The molecule has 3 rings (SSSR count). The highest BCUT2D eigenvalue weighted by Gasteiger charge is 2.25. The molecule has 0 unspecified atom stereocenters. The number of carbonyl (C=O) groups excluding carboxylic acids is 1. The first-order chi connectivity index (χ1) is 11.5. The maximum absolute atomic E-state index is 12.9. The summed E-state index contributed by atoms with van der Waals surface area (Å²) >= 11 is 1.07. The van der Waals surface area contributed by atoms with Gasteiger partial charge in [0.05, 0.1) is 9.83 Å². The van der Waals surface area contributed by atoms with E-state index in [-0.39, 0.29) is 28.3 Å². The Labute approximate surface area is 140 Å². The molecule has 24 heavy (non-hydrogen) atoms. The van der Waals surface area contributed by atoms with Gasteiger partial charge in [-0.2, -0.15) is 0 Å². The molecular formula is C16H10FN3O3S. The lowest BCUT2D eigenvalue weighted by Gasteiger charge is -1.98. The number of aliphatic imine (C=N–C) groups is 1. The number of nitro groups is 1. The number of halogens is 1. The number of benzene rings is 2. The Hall–Kier alpha value is -3.00. The molecule has 1 fully saturated rings. The molecule has 1 heterocycles. The van der Waals surface area contributed by atoms with E-state index >= 15 is 0 Å². The van der Waals surface area contributed by atoms with Gasteiger partial charge in [0.15, 0.2) is 5.17 Å². The molecule has 1 aliphatic rings. The van der Waals surface area contributed by atoms with Gasteiger partial charge in [-0.25, -0.2) is 9.38 Å². The predicted octanol–water partition coefficient (Wildman–Crippen LogP) is 3.63. The second-order valence-electron chi connectivity index (χ2n) is 4.78. The average molecular weight is 343 g/mol. The van der Waals surface area contributed by atoms with Gasteiger partial charge in [0.25, 0.3) is 11.6 Å². The summed E-state index contributed by atoms with van der Waals surface area (Å²) in [5.41, 5.74) is 0.685. The van der Waals surface area contributed by atoms with Crippen molar-refractivity contribution in [1.29, 1.82) is 0 Å². The molecule has 0 radical (unpaired) electrons. The summed E-state index contributed by atoms with van der Waals surface area (Å²) in [4.78, 5) is 27.0. The summed E-state index contributed by atoms with van der Waals surface area (Å²) in [6.07, 6.45) is 1.60. The predicted molar refractivity (Wildman–Crippen MR) is 90.3 cm³/mol. The van der Waals surface area contributed by atoms with Crippen molar-refractivity contribution in [3.63, 3.8) is 0 Å². The molecule has 6 nitrogen and oxygen atoms in total. The number of nitrogens with zero attached hydrogens (tertiary/aromatic N) is 2. The van der Waals surface area contributed by atoms with Crippen LogP contribution in [0.2, 0.25) is 0 Å². The molecule has 0 aliphatic carbocycles. The fraction of sp³-hybridized carbons (Fsp3) is 0. The molecule has 0 bridgehead atoms. The molecule has 120 valence electrons. The van der Waals surface area contributed by atoms with E-state index in [1.165, 1.54) is 24.3 Å². The van der Waals surface area contributed by atoms with E-state index in [9.17, 15) is 19.3 Å². The van der Waals surface area contributed by atoms with E-state index in [1.54, 1.807) is 30.3 Å². The molecule has 0 aromatic heterocycles. The Kier molecular flexibility index (Phi) is 4.39. The highest BCUT2D eigenvalue weighted by molar-refractivity contribution is 8.18. The maximum Gasteiger partial charge on any atom is 0.294 e. The van der Waals surface area contributed by atoms with Crippen molar-refractivity contribution in [2.75, 3.05) is 0 Å². The summed E-state index contributed by atoms with van der Waals surface area (Å²) < 4.78 is 12.9. The van der Waals surface area contributed by atoms with Gasteiger partial charge in [-0.1, -0.05) is 24.3 Å². The molecule has 0 saturated carbocycles. The Bertz CT molecular complexity index is 878. The van der Waals surface area contributed by atoms with Crippen LogP contribution in [-0.4, -0.2) is 16.0 Å².